The predicted molar refractivity (Wildman–Crippen MR) is 154 cm³/mol. The Balaban J connectivity index is 1.54. The number of pyridine rings is 1. The average Bonchev–Trinajstić information content (AvgIpc) is 3.28. The van der Waals surface area contributed by atoms with Gasteiger partial charge >= 0.3 is 0 Å². The third kappa shape index (κ3) is 4.76. The number of rotatable bonds is 7. The number of likely N-dealkylation sites (tertiary alicyclic amines) is 1. The van der Waals surface area contributed by atoms with Crippen molar-refractivity contribution in [2.24, 2.45) is 13.0 Å². The van der Waals surface area contributed by atoms with E-state index in [1.165, 1.54) is 11.7 Å². The van der Waals surface area contributed by atoms with E-state index < -0.39 is 5.56 Å². The molecule has 0 atom stereocenters. The molecule has 2 amide bonds. The second-order valence-corrected chi connectivity index (χ2v) is 10.6. The van der Waals surface area contributed by atoms with Gasteiger partial charge in [-0.25, -0.2) is 0 Å². The molecule has 40 heavy (non-hydrogen) atoms. The minimum atomic E-state index is -0.398. The normalized spacial score (nSPS) is 14.2. The Kier molecular flexibility index (Phi) is 7.47. The second-order valence-electron chi connectivity index (χ2n) is 10.6. The molecule has 9 heteroatoms. The predicted octanol–water partition coefficient (Wildman–Crippen LogP) is 3.76. The molecular formula is C31H34N4O5. The summed E-state index contributed by atoms with van der Waals surface area (Å²) in [7, 11) is 3.19. The van der Waals surface area contributed by atoms with Gasteiger partial charge in [-0.1, -0.05) is 62.4 Å². The molecule has 208 valence electrons. The van der Waals surface area contributed by atoms with Gasteiger partial charge in [0, 0.05) is 43.0 Å². The van der Waals surface area contributed by atoms with E-state index in [1.54, 1.807) is 41.9 Å². The lowest BCUT2D eigenvalue weighted by atomic mass is 10.0. The summed E-state index contributed by atoms with van der Waals surface area (Å²) in [6.45, 7) is 4.79. The highest BCUT2D eigenvalue weighted by Gasteiger charge is 2.30. The summed E-state index contributed by atoms with van der Waals surface area (Å²) in [4.78, 5) is 54.9. The van der Waals surface area contributed by atoms with Crippen LogP contribution in [0.2, 0.25) is 0 Å². The maximum absolute atomic E-state index is 14.0. The van der Waals surface area contributed by atoms with E-state index in [9.17, 15) is 19.2 Å². The molecule has 2 aromatic heterocycles. The molecule has 1 aliphatic heterocycles. The van der Waals surface area contributed by atoms with Crippen molar-refractivity contribution in [3.8, 4) is 5.75 Å². The first kappa shape index (κ1) is 27.2. The van der Waals surface area contributed by atoms with Gasteiger partial charge in [0.1, 0.15) is 5.39 Å². The van der Waals surface area contributed by atoms with Crippen molar-refractivity contribution in [3.05, 3.63) is 76.2 Å². The van der Waals surface area contributed by atoms with Crippen LogP contribution >= 0.6 is 0 Å². The number of ether oxygens (including phenoxy) is 1. The van der Waals surface area contributed by atoms with Crippen molar-refractivity contribution in [1.29, 1.82) is 0 Å². The van der Waals surface area contributed by atoms with E-state index in [0.29, 0.717) is 42.5 Å². The van der Waals surface area contributed by atoms with Crippen molar-refractivity contribution in [2.45, 2.75) is 39.3 Å². The Morgan fingerprint density at radius 2 is 1.65 bits per heavy atom. The summed E-state index contributed by atoms with van der Waals surface area (Å²) >= 11 is 0. The number of hydrogen-bond acceptors (Lipinski definition) is 5. The number of aryl methyl sites for hydroxylation is 1. The van der Waals surface area contributed by atoms with Crippen LogP contribution in [0.15, 0.2) is 59.4 Å². The molecule has 0 unspecified atom stereocenters. The number of fused-ring (bicyclic) bond motifs is 3. The van der Waals surface area contributed by atoms with Crippen LogP contribution in [0.25, 0.3) is 21.8 Å². The van der Waals surface area contributed by atoms with E-state index in [0.717, 1.165) is 5.39 Å². The molecule has 0 aliphatic carbocycles. The van der Waals surface area contributed by atoms with Crippen LogP contribution in [0.1, 0.15) is 47.5 Å². The Hall–Kier alpha value is -4.40. The van der Waals surface area contributed by atoms with Crippen molar-refractivity contribution in [2.75, 3.05) is 20.2 Å². The van der Waals surface area contributed by atoms with Crippen LogP contribution < -0.4 is 15.6 Å². The summed E-state index contributed by atoms with van der Waals surface area (Å²) in [5.74, 6) is -0.303. The molecule has 1 N–H and O–H groups in total. The number of Topliss-reactive ketones (excluding diaryl/α,β-unsaturated/α-hetero) is 1. The van der Waals surface area contributed by atoms with Gasteiger partial charge in [0.25, 0.3) is 11.5 Å². The molecule has 2 aromatic carbocycles. The first-order valence-corrected chi connectivity index (χ1v) is 13.6. The molecule has 9 nitrogen and oxygen atoms in total. The number of nitrogens with zero attached hydrogens (tertiary/aromatic N) is 3. The largest absolute Gasteiger partial charge is 0.493 e. The molecule has 0 saturated carbocycles. The number of carbonyl (C=O) groups excluding carboxylic acids is 3. The molecule has 1 fully saturated rings. The fourth-order valence-corrected chi connectivity index (χ4v) is 5.66. The van der Waals surface area contributed by atoms with E-state index in [-0.39, 0.29) is 52.9 Å². The van der Waals surface area contributed by atoms with Crippen molar-refractivity contribution in [1.82, 2.24) is 19.4 Å². The summed E-state index contributed by atoms with van der Waals surface area (Å²) in [5, 5.41) is 4.09. The number of ketones is 1. The lowest BCUT2D eigenvalue weighted by molar-refractivity contribution is -0.135. The van der Waals surface area contributed by atoms with Gasteiger partial charge in [0.15, 0.2) is 17.2 Å². The van der Waals surface area contributed by atoms with Gasteiger partial charge in [0.05, 0.1) is 24.7 Å². The third-order valence-electron chi connectivity index (χ3n) is 7.71. The van der Waals surface area contributed by atoms with Crippen LogP contribution in [-0.4, -0.2) is 57.9 Å². The minimum Gasteiger partial charge on any atom is -0.493 e. The van der Waals surface area contributed by atoms with E-state index in [2.05, 4.69) is 5.32 Å². The second kappa shape index (κ2) is 11.0. The van der Waals surface area contributed by atoms with Crippen molar-refractivity contribution < 1.29 is 19.1 Å². The smallest absolute Gasteiger partial charge is 0.272 e. The van der Waals surface area contributed by atoms with Gasteiger partial charge in [-0.2, -0.15) is 0 Å². The molecule has 3 heterocycles. The Morgan fingerprint density at radius 1 is 1.00 bits per heavy atom. The molecule has 0 radical (unpaired) electrons. The zero-order chi connectivity index (χ0) is 28.6. The molecule has 5 rings (SSSR count). The van der Waals surface area contributed by atoms with Gasteiger partial charge < -0.3 is 19.5 Å². The quantitative estimate of drug-likeness (QED) is 0.358. The summed E-state index contributed by atoms with van der Waals surface area (Å²) < 4.78 is 8.87. The fraction of sp³-hybridized carbons (Fsp3) is 0.355. The monoisotopic (exact) mass is 542 g/mol. The number of hydrogen-bond donors (Lipinski definition) is 1. The number of nitrogens with one attached hydrogen (secondary N) is 1. The van der Waals surface area contributed by atoms with E-state index in [4.69, 9.17) is 4.74 Å². The average molecular weight is 543 g/mol. The summed E-state index contributed by atoms with van der Waals surface area (Å²) in [6.07, 6.45) is 1.29. The Labute approximate surface area is 232 Å². The van der Waals surface area contributed by atoms with Crippen LogP contribution in [0, 0.1) is 5.92 Å². The van der Waals surface area contributed by atoms with Crippen molar-refractivity contribution in [3.63, 3.8) is 0 Å². The number of aromatic nitrogens is 2. The lowest BCUT2D eigenvalue weighted by Crippen LogP contribution is -2.47. The highest BCUT2D eigenvalue weighted by molar-refractivity contribution is 6.12. The standard InChI is InChI=1S/C31H34N4O5/c1-19(2)30(38)34-16-14-21(15-17-34)32-29(37)27-28(40-4)25-26(33(27)3)22-12-8-9-13-23(22)35(31(25)39)18-24(36)20-10-6-5-7-11-20/h5-13,19,21H,14-18H2,1-4H3,(H,32,37). The van der Waals surface area contributed by atoms with Gasteiger partial charge in [-0.3, -0.25) is 23.7 Å². The third-order valence-corrected chi connectivity index (χ3v) is 7.71. The molecule has 1 saturated heterocycles. The molecule has 1 aliphatic rings. The van der Waals surface area contributed by atoms with E-state index >= 15 is 0 Å². The Morgan fingerprint density at radius 3 is 2.30 bits per heavy atom. The zero-order valence-corrected chi connectivity index (χ0v) is 23.3. The first-order chi connectivity index (χ1) is 19.2. The summed E-state index contributed by atoms with van der Waals surface area (Å²) in [6, 6.07) is 16.1. The molecule has 0 spiro atoms. The van der Waals surface area contributed by atoms with Crippen LogP contribution in [0.3, 0.4) is 0 Å². The van der Waals surface area contributed by atoms with Crippen LogP contribution in [0.4, 0.5) is 0 Å². The molecule has 4 aromatic rings. The summed E-state index contributed by atoms with van der Waals surface area (Å²) in [5.41, 5.74) is 1.53. The highest BCUT2D eigenvalue weighted by atomic mass is 16.5. The number of carbonyl (C=O) groups is 3. The van der Waals surface area contributed by atoms with Gasteiger partial charge in [-0.05, 0) is 18.9 Å². The molecule has 0 bridgehead atoms. The topological polar surface area (TPSA) is 103 Å². The fourth-order valence-electron chi connectivity index (χ4n) is 5.66. The number of benzene rings is 2. The minimum absolute atomic E-state index is 0.0620. The Bertz CT molecular complexity index is 1660. The van der Waals surface area contributed by atoms with Gasteiger partial charge in [-0.15, -0.1) is 0 Å². The number of para-hydroxylation sites is 1. The number of piperidine rings is 1. The SMILES string of the molecule is COc1c(C(=O)NC2CCN(C(=O)C(C)C)CC2)n(C)c2c1c(=O)n(CC(=O)c1ccccc1)c1ccccc21. The highest BCUT2D eigenvalue weighted by Crippen LogP contribution is 2.35. The molecular weight excluding hydrogens is 508 g/mol. The lowest BCUT2D eigenvalue weighted by Gasteiger charge is -2.33. The van der Waals surface area contributed by atoms with Crippen LogP contribution in [0.5, 0.6) is 5.75 Å². The zero-order valence-electron chi connectivity index (χ0n) is 23.3. The number of amides is 2. The maximum Gasteiger partial charge on any atom is 0.272 e. The van der Waals surface area contributed by atoms with Gasteiger partial charge in [0.2, 0.25) is 5.91 Å². The number of methoxy groups -OCH3 is 1. The van der Waals surface area contributed by atoms with Crippen LogP contribution in [-0.2, 0) is 18.4 Å². The maximum atomic E-state index is 14.0. The van der Waals surface area contributed by atoms with Crippen molar-refractivity contribution >= 4 is 39.4 Å². The first-order valence-electron chi connectivity index (χ1n) is 13.6. The van der Waals surface area contributed by atoms with E-state index in [1.807, 2.05) is 43.0 Å².